The summed E-state index contributed by atoms with van der Waals surface area (Å²) < 4.78 is 5.36. The van der Waals surface area contributed by atoms with Crippen LogP contribution in [0.1, 0.15) is 24.8 Å². The standard InChI is InChI=1S/C15H18ClNO4/c16-12-4-2-1-3-11(12)15(6-9-21-10-7-15)14(20)17-8-5-13(18)19/h1-4H,5-10H2,(H,17,20)(H,18,19). The zero-order chi connectivity index (χ0) is 15.3. The van der Waals surface area contributed by atoms with E-state index in [9.17, 15) is 9.59 Å². The largest absolute Gasteiger partial charge is 0.481 e. The molecule has 1 aromatic rings. The molecule has 0 atom stereocenters. The topological polar surface area (TPSA) is 75.6 Å². The number of benzene rings is 1. The normalized spacial score (nSPS) is 17.2. The van der Waals surface area contributed by atoms with Gasteiger partial charge in [-0.25, -0.2) is 0 Å². The maximum atomic E-state index is 12.6. The highest BCUT2D eigenvalue weighted by atomic mass is 35.5. The van der Waals surface area contributed by atoms with Gasteiger partial charge in [0.05, 0.1) is 11.8 Å². The van der Waals surface area contributed by atoms with E-state index in [0.717, 1.165) is 5.56 Å². The molecule has 1 heterocycles. The summed E-state index contributed by atoms with van der Waals surface area (Å²) in [6.07, 6.45) is 0.978. The van der Waals surface area contributed by atoms with Gasteiger partial charge in [0.2, 0.25) is 5.91 Å². The number of carboxylic acids is 1. The maximum Gasteiger partial charge on any atom is 0.305 e. The van der Waals surface area contributed by atoms with Crippen molar-refractivity contribution in [2.24, 2.45) is 0 Å². The minimum absolute atomic E-state index is 0.0964. The molecule has 1 amide bonds. The van der Waals surface area contributed by atoms with E-state index in [1.165, 1.54) is 0 Å². The molecule has 6 heteroatoms. The summed E-state index contributed by atoms with van der Waals surface area (Å²) in [4.78, 5) is 23.2. The van der Waals surface area contributed by atoms with Gasteiger partial charge in [0.25, 0.3) is 0 Å². The van der Waals surface area contributed by atoms with Crippen LogP contribution >= 0.6 is 11.6 Å². The molecule has 0 spiro atoms. The summed E-state index contributed by atoms with van der Waals surface area (Å²) in [5.41, 5.74) is 0.0394. The van der Waals surface area contributed by atoms with Crippen molar-refractivity contribution < 1.29 is 19.4 Å². The van der Waals surface area contributed by atoms with Crippen molar-refractivity contribution in [2.45, 2.75) is 24.7 Å². The molecule has 21 heavy (non-hydrogen) atoms. The Bertz CT molecular complexity index is 526. The Hall–Kier alpha value is -1.59. The summed E-state index contributed by atoms with van der Waals surface area (Å²) in [7, 11) is 0. The number of aliphatic carboxylic acids is 1. The molecule has 0 aliphatic carbocycles. The molecular formula is C15H18ClNO4. The lowest BCUT2D eigenvalue weighted by atomic mass is 9.73. The van der Waals surface area contributed by atoms with E-state index in [0.29, 0.717) is 31.1 Å². The second-order valence-electron chi connectivity index (χ2n) is 5.07. The Morgan fingerprint density at radius 2 is 1.95 bits per heavy atom. The van der Waals surface area contributed by atoms with Crippen LogP contribution in [0.5, 0.6) is 0 Å². The molecule has 1 saturated heterocycles. The average Bonchev–Trinajstić information content (AvgIpc) is 2.48. The van der Waals surface area contributed by atoms with Gasteiger partial charge in [-0.3, -0.25) is 9.59 Å². The number of hydrogen-bond donors (Lipinski definition) is 2. The highest BCUT2D eigenvalue weighted by Gasteiger charge is 2.42. The molecule has 1 aromatic carbocycles. The first kappa shape index (κ1) is 15.8. The van der Waals surface area contributed by atoms with Gasteiger partial charge < -0.3 is 15.2 Å². The molecule has 1 aliphatic rings. The summed E-state index contributed by atoms with van der Waals surface area (Å²) in [6.45, 7) is 1.08. The molecule has 0 unspecified atom stereocenters. The van der Waals surface area contributed by atoms with E-state index < -0.39 is 11.4 Å². The van der Waals surface area contributed by atoms with Gasteiger partial charge >= 0.3 is 5.97 Å². The van der Waals surface area contributed by atoms with Crippen molar-refractivity contribution in [1.82, 2.24) is 5.32 Å². The highest BCUT2D eigenvalue weighted by molar-refractivity contribution is 6.31. The summed E-state index contributed by atoms with van der Waals surface area (Å²) in [6, 6.07) is 7.28. The molecule has 0 aromatic heterocycles. The number of carboxylic acid groups (broad SMARTS) is 1. The molecule has 2 N–H and O–H groups in total. The smallest absolute Gasteiger partial charge is 0.305 e. The van der Waals surface area contributed by atoms with Gasteiger partial charge in [0.1, 0.15) is 0 Å². The monoisotopic (exact) mass is 311 g/mol. The maximum absolute atomic E-state index is 12.6. The Balaban J connectivity index is 2.23. The zero-order valence-electron chi connectivity index (χ0n) is 11.6. The fourth-order valence-corrected chi connectivity index (χ4v) is 2.96. The van der Waals surface area contributed by atoms with E-state index in [-0.39, 0.29) is 18.9 Å². The quantitative estimate of drug-likeness (QED) is 0.872. The lowest BCUT2D eigenvalue weighted by Gasteiger charge is -2.36. The number of rotatable bonds is 5. The molecule has 1 fully saturated rings. The summed E-state index contributed by atoms with van der Waals surface area (Å²) >= 11 is 6.26. The molecule has 0 bridgehead atoms. The summed E-state index contributed by atoms with van der Waals surface area (Å²) in [5, 5.41) is 11.9. The second kappa shape index (κ2) is 6.91. The number of nitrogens with one attached hydrogen (secondary N) is 1. The fourth-order valence-electron chi connectivity index (χ4n) is 2.64. The average molecular weight is 312 g/mol. The SMILES string of the molecule is O=C(O)CCNC(=O)C1(c2ccccc2Cl)CCOCC1. The van der Waals surface area contributed by atoms with Crippen LogP contribution in [0.2, 0.25) is 5.02 Å². The molecule has 0 saturated carbocycles. The van der Waals surface area contributed by atoms with Crippen LogP contribution in [0, 0.1) is 0 Å². The van der Waals surface area contributed by atoms with Crippen molar-refractivity contribution in [1.29, 1.82) is 0 Å². The van der Waals surface area contributed by atoms with E-state index in [1.807, 2.05) is 18.2 Å². The number of carbonyl (C=O) groups is 2. The molecule has 0 radical (unpaired) electrons. The van der Waals surface area contributed by atoms with Crippen LogP contribution < -0.4 is 5.32 Å². The first-order valence-electron chi connectivity index (χ1n) is 6.89. The first-order valence-corrected chi connectivity index (χ1v) is 7.27. The third-order valence-corrected chi connectivity index (χ3v) is 4.12. The Kier molecular flexibility index (Phi) is 5.20. The number of amides is 1. The third kappa shape index (κ3) is 3.54. The van der Waals surface area contributed by atoms with Crippen LogP contribution in [-0.2, 0) is 19.7 Å². The third-order valence-electron chi connectivity index (χ3n) is 3.79. The lowest BCUT2D eigenvalue weighted by Crippen LogP contribution is -2.48. The number of hydrogen-bond acceptors (Lipinski definition) is 3. The molecule has 5 nitrogen and oxygen atoms in total. The molecule has 114 valence electrons. The van der Waals surface area contributed by atoms with E-state index in [1.54, 1.807) is 6.07 Å². The van der Waals surface area contributed by atoms with Crippen LogP contribution in [0.4, 0.5) is 0 Å². The van der Waals surface area contributed by atoms with Crippen molar-refractivity contribution in [3.63, 3.8) is 0 Å². The Labute approximate surface area is 128 Å². The van der Waals surface area contributed by atoms with Gasteiger partial charge in [-0.05, 0) is 24.5 Å². The van der Waals surface area contributed by atoms with Crippen molar-refractivity contribution >= 4 is 23.5 Å². The Morgan fingerprint density at radius 1 is 1.29 bits per heavy atom. The van der Waals surface area contributed by atoms with Crippen molar-refractivity contribution in [2.75, 3.05) is 19.8 Å². The number of halogens is 1. The second-order valence-corrected chi connectivity index (χ2v) is 5.48. The van der Waals surface area contributed by atoms with Crippen LogP contribution in [0.3, 0.4) is 0 Å². The molecular weight excluding hydrogens is 294 g/mol. The minimum Gasteiger partial charge on any atom is -0.481 e. The zero-order valence-corrected chi connectivity index (χ0v) is 12.4. The lowest BCUT2D eigenvalue weighted by molar-refractivity contribution is -0.137. The van der Waals surface area contributed by atoms with E-state index in [2.05, 4.69) is 5.32 Å². The van der Waals surface area contributed by atoms with Gasteiger partial charge in [0.15, 0.2) is 0 Å². The van der Waals surface area contributed by atoms with Crippen LogP contribution in [0.25, 0.3) is 0 Å². The highest BCUT2D eigenvalue weighted by Crippen LogP contribution is 2.38. The predicted octanol–water partition coefficient (Wildman–Crippen LogP) is 1.98. The Morgan fingerprint density at radius 3 is 2.57 bits per heavy atom. The van der Waals surface area contributed by atoms with Crippen LogP contribution in [-0.4, -0.2) is 36.7 Å². The van der Waals surface area contributed by atoms with Gasteiger partial charge in [-0.1, -0.05) is 29.8 Å². The van der Waals surface area contributed by atoms with E-state index >= 15 is 0 Å². The summed E-state index contributed by atoms with van der Waals surface area (Å²) in [5.74, 6) is -1.12. The fraction of sp³-hybridized carbons (Fsp3) is 0.467. The first-order chi connectivity index (χ1) is 10.1. The van der Waals surface area contributed by atoms with Crippen LogP contribution in [0.15, 0.2) is 24.3 Å². The van der Waals surface area contributed by atoms with Gasteiger partial charge in [0, 0.05) is 24.8 Å². The predicted molar refractivity (Wildman–Crippen MR) is 78.4 cm³/mol. The van der Waals surface area contributed by atoms with Gasteiger partial charge in [-0.2, -0.15) is 0 Å². The minimum atomic E-state index is -0.936. The number of carbonyl (C=O) groups excluding carboxylic acids is 1. The van der Waals surface area contributed by atoms with Gasteiger partial charge in [-0.15, -0.1) is 0 Å². The number of ether oxygens (including phenoxy) is 1. The van der Waals surface area contributed by atoms with E-state index in [4.69, 9.17) is 21.4 Å². The van der Waals surface area contributed by atoms with Crippen molar-refractivity contribution in [3.05, 3.63) is 34.9 Å². The molecule has 2 rings (SSSR count). The molecule has 1 aliphatic heterocycles. The van der Waals surface area contributed by atoms with Crippen molar-refractivity contribution in [3.8, 4) is 0 Å².